The monoisotopic (exact) mass is 486 g/mol. The number of hydrogen-bond donors (Lipinski definition) is 2. The molecule has 9 nitrogen and oxygen atoms in total. The van der Waals surface area contributed by atoms with Gasteiger partial charge in [0, 0.05) is 0 Å². The number of anilines is 1. The number of nitrogens with zero attached hydrogens (tertiary/aromatic N) is 1. The summed E-state index contributed by atoms with van der Waals surface area (Å²) in [5.41, 5.74) is 0.930. The average Bonchev–Trinajstić information content (AvgIpc) is 2.87. The number of amides is 4. The summed E-state index contributed by atoms with van der Waals surface area (Å²) in [7, 11) is 0. The number of ether oxygens (including phenoxy) is 2. The molecule has 3 aromatic carbocycles. The van der Waals surface area contributed by atoms with Crippen LogP contribution in [-0.2, 0) is 16.2 Å². The number of nitrogens with one attached hydrogen (secondary N) is 1. The Morgan fingerprint density at radius 2 is 1.69 bits per heavy atom. The molecule has 4 amide bonds. The fraction of sp³-hybridized carbons (Fsp3) is 0.111. The van der Waals surface area contributed by atoms with Crippen LogP contribution in [0.2, 0.25) is 0 Å². The fourth-order valence-corrected chi connectivity index (χ4v) is 3.58. The van der Waals surface area contributed by atoms with Crippen molar-refractivity contribution in [1.82, 2.24) is 5.32 Å². The minimum absolute atomic E-state index is 0.136. The summed E-state index contributed by atoms with van der Waals surface area (Å²) >= 11 is 0. The highest BCUT2D eigenvalue weighted by atomic mass is 16.5. The van der Waals surface area contributed by atoms with Crippen LogP contribution in [0.4, 0.5) is 10.5 Å². The van der Waals surface area contributed by atoms with Gasteiger partial charge in [0.15, 0.2) is 0 Å². The van der Waals surface area contributed by atoms with Crippen LogP contribution in [-0.4, -0.2) is 35.5 Å². The zero-order valence-corrected chi connectivity index (χ0v) is 19.3. The average molecular weight is 486 g/mol. The molecule has 0 unspecified atom stereocenters. The number of rotatable bonds is 8. The van der Waals surface area contributed by atoms with Crippen LogP contribution in [0.15, 0.2) is 78.4 Å². The second-order valence-electron chi connectivity index (χ2n) is 7.72. The first-order chi connectivity index (χ1) is 17.4. The lowest BCUT2D eigenvalue weighted by Gasteiger charge is -2.26. The Bertz CT molecular complexity index is 1350. The summed E-state index contributed by atoms with van der Waals surface area (Å²) in [5.74, 6) is -2.25. The predicted octanol–water partition coefficient (Wildman–Crippen LogP) is 4.03. The molecule has 3 aromatic rings. The Morgan fingerprint density at radius 3 is 2.36 bits per heavy atom. The molecule has 1 saturated heterocycles. The Kier molecular flexibility index (Phi) is 7.10. The number of aromatic carboxylic acids is 1. The number of carbonyl (C=O) groups is 4. The SMILES string of the molecule is CCOc1ccc(N2C(=O)NC(=O)/C(=C/c3ccc(OCc4ccccc4)c(C(=O)O)c3)C2=O)cc1. The molecule has 1 aliphatic heterocycles. The Morgan fingerprint density at radius 1 is 0.972 bits per heavy atom. The smallest absolute Gasteiger partial charge is 0.339 e. The molecule has 0 aromatic heterocycles. The highest BCUT2D eigenvalue weighted by Crippen LogP contribution is 2.26. The number of urea groups is 1. The van der Waals surface area contributed by atoms with Gasteiger partial charge in [0.05, 0.1) is 12.3 Å². The van der Waals surface area contributed by atoms with Gasteiger partial charge in [-0.2, -0.15) is 0 Å². The van der Waals surface area contributed by atoms with E-state index in [1.807, 2.05) is 37.3 Å². The zero-order chi connectivity index (χ0) is 25.7. The zero-order valence-electron chi connectivity index (χ0n) is 19.3. The molecule has 0 radical (unpaired) electrons. The van der Waals surface area contributed by atoms with E-state index in [2.05, 4.69) is 5.32 Å². The summed E-state index contributed by atoms with van der Waals surface area (Å²) in [6.07, 6.45) is 1.24. The predicted molar refractivity (Wildman–Crippen MR) is 131 cm³/mol. The molecule has 9 heteroatoms. The summed E-state index contributed by atoms with van der Waals surface area (Å²) in [6, 6.07) is 18.9. The maximum Gasteiger partial charge on any atom is 0.339 e. The van der Waals surface area contributed by atoms with Crippen molar-refractivity contribution in [2.45, 2.75) is 13.5 Å². The molecule has 2 N–H and O–H groups in total. The first-order valence-electron chi connectivity index (χ1n) is 11.1. The molecule has 182 valence electrons. The van der Waals surface area contributed by atoms with E-state index < -0.39 is 23.8 Å². The van der Waals surface area contributed by atoms with Gasteiger partial charge in [0.1, 0.15) is 29.2 Å². The van der Waals surface area contributed by atoms with E-state index in [-0.39, 0.29) is 34.7 Å². The quantitative estimate of drug-likeness (QED) is 0.364. The topological polar surface area (TPSA) is 122 Å². The van der Waals surface area contributed by atoms with E-state index in [1.54, 1.807) is 12.1 Å². The van der Waals surface area contributed by atoms with Crippen molar-refractivity contribution >= 4 is 35.6 Å². The number of carbonyl (C=O) groups excluding carboxylic acids is 3. The Balaban J connectivity index is 1.61. The maximum atomic E-state index is 13.1. The molecule has 1 heterocycles. The minimum atomic E-state index is -1.23. The molecule has 0 bridgehead atoms. The second-order valence-corrected chi connectivity index (χ2v) is 7.72. The van der Waals surface area contributed by atoms with Gasteiger partial charge in [0.2, 0.25) is 0 Å². The van der Waals surface area contributed by atoms with Crippen LogP contribution in [0.25, 0.3) is 6.08 Å². The van der Waals surface area contributed by atoms with Crippen molar-refractivity contribution in [1.29, 1.82) is 0 Å². The minimum Gasteiger partial charge on any atom is -0.494 e. The third-order valence-corrected chi connectivity index (χ3v) is 5.29. The third-order valence-electron chi connectivity index (χ3n) is 5.29. The number of barbiturate groups is 1. The molecule has 0 aliphatic carbocycles. The number of imide groups is 2. The summed E-state index contributed by atoms with van der Waals surface area (Å²) in [4.78, 5) is 50.7. The number of carboxylic acids is 1. The van der Waals surface area contributed by atoms with Gasteiger partial charge in [-0.3, -0.25) is 14.9 Å². The maximum absolute atomic E-state index is 13.1. The summed E-state index contributed by atoms with van der Waals surface area (Å²) < 4.78 is 11.1. The first kappa shape index (κ1) is 24.2. The van der Waals surface area contributed by atoms with E-state index in [0.29, 0.717) is 12.4 Å². The van der Waals surface area contributed by atoms with Crippen LogP contribution in [0.3, 0.4) is 0 Å². The van der Waals surface area contributed by atoms with Crippen molar-refractivity contribution in [3.8, 4) is 11.5 Å². The van der Waals surface area contributed by atoms with Crippen molar-refractivity contribution in [2.24, 2.45) is 0 Å². The third kappa shape index (κ3) is 5.25. The summed E-state index contributed by atoms with van der Waals surface area (Å²) in [5, 5.41) is 11.8. The van der Waals surface area contributed by atoms with Gasteiger partial charge in [-0.15, -0.1) is 0 Å². The van der Waals surface area contributed by atoms with Crippen LogP contribution in [0.1, 0.15) is 28.4 Å². The first-order valence-corrected chi connectivity index (χ1v) is 11.1. The molecular formula is C27H22N2O7. The van der Waals surface area contributed by atoms with E-state index in [4.69, 9.17) is 9.47 Å². The number of hydrogen-bond acceptors (Lipinski definition) is 6. The highest BCUT2D eigenvalue weighted by molar-refractivity contribution is 6.39. The van der Waals surface area contributed by atoms with Crippen molar-refractivity contribution in [3.05, 3.63) is 95.1 Å². The van der Waals surface area contributed by atoms with Gasteiger partial charge >= 0.3 is 12.0 Å². The van der Waals surface area contributed by atoms with Gasteiger partial charge in [-0.25, -0.2) is 14.5 Å². The van der Waals surface area contributed by atoms with Gasteiger partial charge in [-0.1, -0.05) is 36.4 Å². The van der Waals surface area contributed by atoms with Gasteiger partial charge in [-0.05, 0) is 60.5 Å². The van der Waals surface area contributed by atoms with Gasteiger partial charge in [0.25, 0.3) is 11.8 Å². The van der Waals surface area contributed by atoms with E-state index in [9.17, 15) is 24.3 Å². The lowest BCUT2D eigenvalue weighted by molar-refractivity contribution is -0.122. The highest BCUT2D eigenvalue weighted by Gasteiger charge is 2.36. The molecule has 36 heavy (non-hydrogen) atoms. The van der Waals surface area contributed by atoms with Crippen LogP contribution in [0, 0.1) is 0 Å². The molecule has 4 rings (SSSR count). The Hall–Kier alpha value is -4.92. The van der Waals surface area contributed by atoms with Crippen LogP contribution in [0.5, 0.6) is 11.5 Å². The molecule has 0 atom stereocenters. The van der Waals surface area contributed by atoms with Crippen molar-refractivity contribution in [2.75, 3.05) is 11.5 Å². The molecule has 1 aliphatic rings. The number of benzene rings is 3. The molecule has 0 saturated carbocycles. The van der Waals surface area contributed by atoms with Crippen molar-refractivity contribution in [3.63, 3.8) is 0 Å². The van der Waals surface area contributed by atoms with Gasteiger partial charge < -0.3 is 14.6 Å². The van der Waals surface area contributed by atoms with E-state index in [1.165, 1.54) is 36.4 Å². The standard InChI is InChI=1S/C27H22N2O7/c1-2-35-20-11-9-19(10-12-20)29-25(31)22(24(30)28-27(29)34)15-18-8-13-23(21(14-18)26(32)33)36-16-17-6-4-3-5-7-17/h3-15H,2,16H2,1H3,(H,32,33)(H,28,30,34)/b22-15-. The van der Waals surface area contributed by atoms with E-state index >= 15 is 0 Å². The molecular weight excluding hydrogens is 464 g/mol. The number of carboxylic acid groups (broad SMARTS) is 1. The van der Waals surface area contributed by atoms with E-state index in [0.717, 1.165) is 10.5 Å². The second kappa shape index (κ2) is 10.6. The summed E-state index contributed by atoms with van der Waals surface area (Å²) in [6.45, 7) is 2.45. The van der Waals surface area contributed by atoms with Crippen LogP contribution < -0.4 is 19.7 Å². The largest absolute Gasteiger partial charge is 0.494 e. The normalized spacial score (nSPS) is 14.5. The lowest BCUT2D eigenvalue weighted by atomic mass is 10.0. The lowest BCUT2D eigenvalue weighted by Crippen LogP contribution is -2.54. The van der Waals surface area contributed by atoms with Crippen LogP contribution >= 0.6 is 0 Å². The Labute approximate surface area is 206 Å². The molecule has 1 fully saturated rings. The van der Waals surface area contributed by atoms with Crippen molar-refractivity contribution < 1.29 is 33.8 Å². The fourth-order valence-electron chi connectivity index (χ4n) is 3.58. The molecule has 0 spiro atoms.